The molecule has 1 aliphatic rings. The predicted molar refractivity (Wildman–Crippen MR) is 99.9 cm³/mol. The third-order valence-corrected chi connectivity index (χ3v) is 5.33. The third kappa shape index (κ3) is 4.64. The van der Waals surface area contributed by atoms with Gasteiger partial charge >= 0.3 is 12.3 Å². The number of fused-ring (bicyclic) bond motifs is 1. The van der Waals surface area contributed by atoms with Gasteiger partial charge in [-0.05, 0) is 53.1 Å². The molecule has 1 atom stereocenters. The number of ether oxygens (including phenoxy) is 1. The first kappa shape index (κ1) is 21.0. The van der Waals surface area contributed by atoms with Crippen LogP contribution in [0.25, 0.3) is 0 Å². The summed E-state index contributed by atoms with van der Waals surface area (Å²) in [6.45, 7) is 4.51. The molecule has 0 spiro atoms. The minimum Gasteiger partial charge on any atom is -0.504 e. The third-order valence-electron chi connectivity index (χ3n) is 5.33. The van der Waals surface area contributed by atoms with Crippen molar-refractivity contribution < 1.29 is 32.9 Å². The molecule has 0 saturated carbocycles. The quantitative estimate of drug-likeness (QED) is 0.639. The van der Waals surface area contributed by atoms with Gasteiger partial charge in [0.05, 0.1) is 5.56 Å². The van der Waals surface area contributed by atoms with Gasteiger partial charge in [-0.3, -0.25) is 0 Å². The summed E-state index contributed by atoms with van der Waals surface area (Å²) in [5, 5.41) is 22.3. The highest BCUT2D eigenvalue weighted by Crippen LogP contribution is 2.43. The highest BCUT2D eigenvalue weighted by atomic mass is 19.4. The Bertz CT molecular complexity index is 925. The lowest BCUT2D eigenvalue weighted by Gasteiger charge is -2.33. The Labute approximate surface area is 166 Å². The van der Waals surface area contributed by atoms with E-state index in [-0.39, 0.29) is 17.0 Å². The van der Waals surface area contributed by atoms with E-state index in [4.69, 9.17) is 0 Å². The number of hydrogen-bond acceptors (Lipinski definition) is 4. The Balaban J connectivity index is 1.76. The number of phenols is 1. The van der Waals surface area contributed by atoms with Crippen LogP contribution in [0.4, 0.5) is 13.2 Å². The van der Waals surface area contributed by atoms with Crippen LogP contribution in [0.15, 0.2) is 36.4 Å². The van der Waals surface area contributed by atoms with E-state index in [1.807, 2.05) is 19.9 Å². The minimum atomic E-state index is -4.88. The van der Waals surface area contributed by atoms with Crippen molar-refractivity contribution in [1.82, 2.24) is 5.32 Å². The van der Waals surface area contributed by atoms with Gasteiger partial charge in [0.15, 0.2) is 11.5 Å². The maximum Gasteiger partial charge on any atom is 0.573 e. The molecule has 0 radical (unpaired) electrons. The van der Waals surface area contributed by atoms with E-state index in [0.717, 1.165) is 11.1 Å². The van der Waals surface area contributed by atoms with Crippen molar-refractivity contribution in [2.75, 3.05) is 0 Å². The Morgan fingerprint density at radius 3 is 2.62 bits per heavy atom. The number of carbonyl (C=O) groups is 1. The normalized spacial score (nSPS) is 16.5. The number of halogens is 3. The maximum atomic E-state index is 12.5. The summed E-state index contributed by atoms with van der Waals surface area (Å²) in [5.41, 5.74) is 2.28. The van der Waals surface area contributed by atoms with Crippen molar-refractivity contribution in [3.05, 3.63) is 58.7 Å². The molecule has 0 fully saturated rings. The SMILES string of the molecule is CC(C)(CCc1ccc(O)c(OC(F)(F)F)c1)C1NCc2c(C(=O)O)cccc21. The van der Waals surface area contributed by atoms with E-state index in [2.05, 4.69) is 10.1 Å². The summed E-state index contributed by atoms with van der Waals surface area (Å²) in [5.74, 6) is -2.16. The van der Waals surface area contributed by atoms with E-state index in [1.165, 1.54) is 12.1 Å². The molecule has 2 aromatic rings. The van der Waals surface area contributed by atoms with Crippen LogP contribution in [0.3, 0.4) is 0 Å². The number of phenolic OH excluding ortho intramolecular Hbond substituents is 1. The zero-order chi connectivity index (χ0) is 21.4. The van der Waals surface area contributed by atoms with E-state index in [9.17, 15) is 28.2 Å². The highest BCUT2D eigenvalue weighted by molar-refractivity contribution is 5.90. The fraction of sp³-hybridized carbons (Fsp3) is 0.381. The second kappa shape index (κ2) is 7.59. The lowest BCUT2D eigenvalue weighted by Crippen LogP contribution is -2.30. The van der Waals surface area contributed by atoms with Gasteiger partial charge in [0, 0.05) is 12.6 Å². The number of rotatable bonds is 6. The van der Waals surface area contributed by atoms with E-state index < -0.39 is 23.8 Å². The lowest BCUT2D eigenvalue weighted by atomic mass is 9.76. The first-order chi connectivity index (χ1) is 13.5. The van der Waals surface area contributed by atoms with Crippen molar-refractivity contribution in [3.8, 4) is 11.5 Å². The first-order valence-electron chi connectivity index (χ1n) is 9.14. The molecular formula is C21H22F3NO4. The van der Waals surface area contributed by atoms with E-state index in [0.29, 0.717) is 24.9 Å². The summed E-state index contributed by atoms with van der Waals surface area (Å²) in [7, 11) is 0. The van der Waals surface area contributed by atoms with Crippen LogP contribution in [0.1, 0.15) is 53.4 Å². The highest BCUT2D eigenvalue weighted by Gasteiger charge is 2.37. The lowest BCUT2D eigenvalue weighted by molar-refractivity contribution is -0.275. The van der Waals surface area contributed by atoms with Crippen molar-refractivity contribution in [1.29, 1.82) is 0 Å². The summed E-state index contributed by atoms with van der Waals surface area (Å²) in [4.78, 5) is 11.4. The Hall–Kier alpha value is -2.74. The number of benzene rings is 2. The van der Waals surface area contributed by atoms with Crippen molar-refractivity contribution in [2.45, 2.75) is 45.6 Å². The molecular weight excluding hydrogens is 387 g/mol. The van der Waals surface area contributed by atoms with Gasteiger partial charge in [0.2, 0.25) is 0 Å². The van der Waals surface area contributed by atoms with Gasteiger partial charge in [0.25, 0.3) is 0 Å². The zero-order valence-electron chi connectivity index (χ0n) is 16.0. The molecule has 0 bridgehead atoms. The van der Waals surface area contributed by atoms with Crippen LogP contribution in [-0.2, 0) is 13.0 Å². The topological polar surface area (TPSA) is 78.8 Å². The van der Waals surface area contributed by atoms with Gasteiger partial charge in [-0.2, -0.15) is 0 Å². The number of carboxylic acids is 1. The molecule has 156 valence electrons. The molecule has 3 N–H and O–H groups in total. The average molecular weight is 409 g/mol. The molecule has 5 nitrogen and oxygen atoms in total. The van der Waals surface area contributed by atoms with Gasteiger partial charge in [-0.1, -0.05) is 32.0 Å². The number of aryl methyl sites for hydroxylation is 1. The van der Waals surface area contributed by atoms with Gasteiger partial charge < -0.3 is 20.3 Å². The zero-order valence-corrected chi connectivity index (χ0v) is 16.0. The molecule has 29 heavy (non-hydrogen) atoms. The van der Waals surface area contributed by atoms with Crippen LogP contribution < -0.4 is 10.1 Å². The Kier molecular flexibility index (Phi) is 5.49. The number of nitrogens with one attached hydrogen (secondary N) is 1. The maximum absolute atomic E-state index is 12.5. The second-order valence-corrected chi connectivity index (χ2v) is 7.83. The first-order valence-corrected chi connectivity index (χ1v) is 9.14. The number of carboxylic acid groups (broad SMARTS) is 1. The second-order valence-electron chi connectivity index (χ2n) is 7.83. The molecule has 0 aliphatic carbocycles. The standard InChI is InChI=1S/C21H22F3NO4/c1-20(2,18-13-4-3-5-14(19(27)28)15(13)11-25-18)9-8-12-6-7-16(26)17(10-12)29-21(22,23)24/h3-7,10,18,25-26H,8-9,11H2,1-2H3,(H,27,28). The van der Waals surface area contributed by atoms with Crippen LogP contribution in [0.5, 0.6) is 11.5 Å². The molecule has 1 aliphatic heterocycles. The summed E-state index contributed by atoms with van der Waals surface area (Å²) in [6, 6.07) is 9.07. The molecule has 8 heteroatoms. The molecule has 1 heterocycles. The summed E-state index contributed by atoms with van der Waals surface area (Å²) >= 11 is 0. The van der Waals surface area contributed by atoms with Crippen molar-refractivity contribution in [2.24, 2.45) is 5.41 Å². The Morgan fingerprint density at radius 2 is 1.97 bits per heavy atom. The summed E-state index contributed by atoms with van der Waals surface area (Å²) in [6.07, 6.45) is -3.79. The van der Waals surface area contributed by atoms with Crippen molar-refractivity contribution in [3.63, 3.8) is 0 Å². The molecule has 0 amide bonds. The number of hydrogen-bond donors (Lipinski definition) is 3. The van der Waals surface area contributed by atoms with Crippen LogP contribution in [0.2, 0.25) is 0 Å². The van der Waals surface area contributed by atoms with Gasteiger partial charge in [-0.15, -0.1) is 13.2 Å². The average Bonchev–Trinajstić information content (AvgIpc) is 3.06. The Morgan fingerprint density at radius 1 is 1.24 bits per heavy atom. The fourth-order valence-corrected chi connectivity index (χ4v) is 3.82. The van der Waals surface area contributed by atoms with Crippen LogP contribution in [0, 0.1) is 5.41 Å². The molecule has 3 rings (SSSR count). The molecule has 0 aromatic heterocycles. The molecule has 1 unspecified atom stereocenters. The largest absolute Gasteiger partial charge is 0.573 e. The number of aromatic hydroxyl groups is 1. The fourth-order valence-electron chi connectivity index (χ4n) is 3.82. The van der Waals surface area contributed by atoms with Gasteiger partial charge in [0.1, 0.15) is 0 Å². The monoisotopic (exact) mass is 409 g/mol. The van der Waals surface area contributed by atoms with Crippen LogP contribution in [-0.4, -0.2) is 22.5 Å². The number of alkyl halides is 3. The summed E-state index contributed by atoms with van der Waals surface area (Å²) < 4.78 is 41.3. The van der Waals surface area contributed by atoms with E-state index in [1.54, 1.807) is 18.2 Å². The smallest absolute Gasteiger partial charge is 0.504 e. The minimum absolute atomic E-state index is 0.0835. The van der Waals surface area contributed by atoms with Crippen molar-refractivity contribution >= 4 is 5.97 Å². The number of aromatic carboxylic acids is 1. The van der Waals surface area contributed by atoms with Gasteiger partial charge in [-0.25, -0.2) is 4.79 Å². The van der Waals surface area contributed by atoms with Crippen LogP contribution >= 0.6 is 0 Å². The molecule has 0 saturated heterocycles. The predicted octanol–water partition coefficient (Wildman–Crippen LogP) is 4.79. The van der Waals surface area contributed by atoms with E-state index >= 15 is 0 Å². The molecule has 2 aromatic carbocycles.